The molecule has 5 aliphatic heterocycles. The summed E-state index contributed by atoms with van der Waals surface area (Å²) in [6, 6.07) is 0. The fraction of sp³-hybridized carbons (Fsp3) is 0.955. The van der Waals surface area contributed by atoms with E-state index < -0.39 is 52.9 Å². The topological polar surface area (TPSA) is 150 Å². The summed E-state index contributed by atoms with van der Waals surface area (Å²) in [7, 11) is 1.40. The summed E-state index contributed by atoms with van der Waals surface area (Å²) in [5.74, 6) is -4.23. The van der Waals surface area contributed by atoms with Gasteiger partial charge < -0.3 is 43.7 Å². The van der Waals surface area contributed by atoms with E-state index in [4.69, 9.17) is 28.4 Å². The number of aliphatic hydroxyl groups excluding tert-OH is 2. The van der Waals surface area contributed by atoms with E-state index in [-0.39, 0.29) is 77.6 Å². The molecule has 20 atom stereocenters. The van der Waals surface area contributed by atoms with Crippen molar-refractivity contribution in [1.82, 2.24) is 0 Å². The molecule has 55 heavy (non-hydrogen) atoms. The van der Waals surface area contributed by atoms with Gasteiger partial charge in [-0.3, -0.25) is 9.59 Å². The Labute approximate surface area is 330 Å². The zero-order valence-electron chi connectivity index (χ0n) is 35.6. The van der Waals surface area contributed by atoms with Crippen molar-refractivity contribution in [1.29, 1.82) is 0 Å². The van der Waals surface area contributed by atoms with Gasteiger partial charge in [0, 0.05) is 36.0 Å². The molecular weight excluding hydrogens is 704 g/mol. The van der Waals surface area contributed by atoms with E-state index in [1.165, 1.54) is 7.11 Å². The molecule has 1 saturated carbocycles. The van der Waals surface area contributed by atoms with Crippen molar-refractivity contribution in [3.63, 3.8) is 0 Å². The second-order valence-electron chi connectivity index (χ2n) is 19.2. The van der Waals surface area contributed by atoms with Crippen LogP contribution < -0.4 is 0 Å². The van der Waals surface area contributed by atoms with Gasteiger partial charge in [-0.15, -0.1) is 0 Å². The first-order valence-electron chi connectivity index (χ1n) is 21.9. The molecule has 6 aliphatic rings. The third kappa shape index (κ3) is 7.51. The molecule has 0 aromatic rings. The first kappa shape index (κ1) is 43.4. The number of Topliss-reactive ketones (excluding diaryl/α,β-unsaturated/α-hetero) is 1. The monoisotopic (exact) mass is 779 g/mol. The zero-order chi connectivity index (χ0) is 40.4. The van der Waals surface area contributed by atoms with Crippen LogP contribution in [0.5, 0.6) is 0 Å². The van der Waals surface area contributed by atoms with Gasteiger partial charge in [-0.1, -0.05) is 55.4 Å². The van der Waals surface area contributed by atoms with Gasteiger partial charge in [-0.2, -0.15) is 0 Å². The van der Waals surface area contributed by atoms with Gasteiger partial charge in [0.2, 0.25) is 0 Å². The van der Waals surface area contributed by atoms with Gasteiger partial charge in [-0.05, 0) is 95.8 Å². The fourth-order valence-corrected chi connectivity index (χ4v) is 11.9. The molecule has 5 saturated heterocycles. The highest BCUT2D eigenvalue weighted by molar-refractivity contribution is 5.84. The standard InChI is InChI=1S/C44H74O11/c1-12-29(40(48)50-11)33-16-15-23(4)37(52-33)27(8)35(45)26(7)36(46)30(13-2)38-24(5)21-25(6)44(53-38)32-22-31(32)39(47)43(55-44)20-19-41(10,54-43)34-17-18-42(49,14-3)28(9)51-34/h23-35,37-39,45,47,49H,12-22H2,1-11H3/t23-,24-,25+,26-,27-,28-,29+,30-,31?,32?,33+,34+,35+,37+,38-,39+,41-,42+,43-,44?/m0/s1. The largest absolute Gasteiger partial charge is 0.469 e. The van der Waals surface area contributed by atoms with Crippen LogP contribution in [0, 0.1) is 53.3 Å². The molecule has 0 amide bonds. The number of fused-ring (bicyclic) bond motifs is 2. The van der Waals surface area contributed by atoms with Crippen LogP contribution in [0.25, 0.3) is 0 Å². The van der Waals surface area contributed by atoms with Crippen LogP contribution in [0.2, 0.25) is 0 Å². The molecule has 11 nitrogen and oxygen atoms in total. The fourth-order valence-electron chi connectivity index (χ4n) is 11.9. The number of ketones is 1. The van der Waals surface area contributed by atoms with Crippen molar-refractivity contribution in [2.75, 3.05) is 7.11 Å². The van der Waals surface area contributed by atoms with Gasteiger partial charge >= 0.3 is 5.97 Å². The maximum Gasteiger partial charge on any atom is 0.311 e. The Morgan fingerprint density at radius 3 is 2.18 bits per heavy atom. The maximum atomic E-state index is 14.6. The van der Waals surface area contributed by atoms with Crippen molar-refractivity contribution in [2.24, 2.45) is 53.3 Å². The lowest BCUT2D eigenvalue weighted by Gasteiger charge is -2.56. The van der Waals surface area contributed by atoms with Gasteiger partial charge in [0.25, 0.3) is 0 Å². The molecule has 0 radical (unpaired) electrons. The molecule has 2 spiro atoms. The van der Waals surface area contributed by atoms with Crippen LogP contribution in [-0.2, 0) is 38.0 Å². The summed E-state index contributed by atoms with van der Waals surface area (Å²) in [5, 5.41) is 34.8. The van der Waals surface area contributed by atoms with Gasteiger partial charge in [0.15, 0.2) is 11.6 Å². The molecule has 11 heteroatoms. The lowest BCUT2D eigenvalue weighted by molar-refractivity contribution is -0.446. The summed E-state index contributed by atoms with van der Waals surface area (Å²) in [6.07, 6.45) is 4.00. The molecule has 6 fully saturated rings. The van der Waals surface area contributed by atoms with Crippen molar-refractivity contribution < 1.29 is 53.3 Å². The van der Waals surface area contributed by atoms with Crippen LogP contribution in [0.4, 0.5) is 0 Å². The van der Waals surface area contributed by atoms with Gasteiger partial charge in [0.1, 0.15) is 11.9 Å². The molecule has 0 bridgehead atoms. The summed E-state index contributed by atoms with van der Waals surface area (Å²) in [6.45, 7) is 20.2. The van der Waals surface area contributed by atoms with Crippen molar-refractivity contribution in [2.45, 2.75) is 205 Å². The normalized spacial score (nSPS) is 48.4. The van der Waals surface area contributed by atoms with Crippen LogP contribution in [0.15, 0.2) is 0 Å². The lowest BCUT2D eigenvalue weighted by atomic mass is 9.72. The number of methoxy groups -OCH3 is 1. The minimum atomic E-state index is -1.26. The third-order valence-electron chi connectivity index (χ3n) is 15.9. The van der Waals surface area contributed by atoms with Gasteiger partial charge in [-0.25, -0.2) is 0 Å². The highest BCUT2D eigenvalue weighted by Crippen LogP contribution is 2.66. The predicted octanol–water partition coefficient (Wildman–Crippen LogP) is 6.36. The minimum absolute atomic E-state index is 0.00422. The van der Waals surface area contributed by atoms with E-state index in [0.717, 1.165) is 25.7 Å². The first-order chi connectivity index (χ1) is 25.9. The van der Waals surface area contributed by atoms with Crippen LogP contribution in [0.1, 0.15) is 140 Å². The Balaban J connectivity index is 1.18. The molecule has 1 aliphatic carbocycles. The number of esters is 1. The second kappa shape index (κ2) is 16.1. The summed E-state index contributed by atoms with van der Waals surface area (Å²) < 4.78 is 39.5. The van der Waals surface area contributed by atoms with E-state index in [1.807, 2.05) is 48.5 Å². The van der Waals surface area contributed by atoms with Crippen molar-refractivity contribution >= 4 is 11.8 Å². The van der Waals surface area contributed by atoms with Crippen LogP contribution >= 0.6 is 0 Å². The SMILES string of the molecule is CC[C@@H](C(=O)[C@@H](C)[C@@H](O)[C@H](C)[C@@H]1O[C@@H]([C@@H](CC)C(=O)OC)CC[C@@H]1C)[C@H]1OC2(O[C@@]3(CC[C@@](C)([C@H]4CC[C@](O)(CC)[C@H](C)O4)O3)[C@H](O)C3CC32)[C@H](C)C[C@@H]1C. The number of ether oxygens (including phenoxy) is 6. The highest BCUT2D eigenvalue weighted by atomic mass is 16.8. The molecule has 3 N–H and O–H groups in total. The first-order valence-corrected chi connectivity index (χ1v) is 21.9. The van der Waals surface area contributed by atoms with E-state index in [1.54, 1.807) is 0 Å². The summed E-state index contributed by atoms with van der Waals surface area (Å²) in [4.78, 5) is 27.1. The van der Waals surface area contributed by atoms with E-state index in [2.05, 4.69) is 20.8 Å². The Kier molecular flexibility index (Phi) is 12.7. The van der Waals surface area contributed by atoms with E-state index in [9.17, 15) is 24.9 Å². The zero-order valence-corrected chi connectivity index (χ0v) is 35.6. The predicted molar refractivity (Wildman–Crippen MR) is 205 cm³/mol. The van der Waals surface area contributed by atoms with E-state index in [0.29, 0.717) is 44.9 Å². The Morgan fingerprint density at radius 2 is 1.56 bits per heavy atom. The third-order valence-corrected chi connectivity index (χ3v) is 15.9. The maximum absolute atomic E-state index is 14.6. The molecular formula is C44H74O11. The Morgan fingerprint density at radius 1 is 0.873 bits per heavy atom. The smallest absolute Gasteiger partial charge is 0.311 e. The number of carbonyl (C=O) groups is 2. The Bertz CT molecular complexity index is 1370. The molecule has 6 rings (SSSR count). The molecule has 316 valence electrons. The van der Waals surface area contributed by atoms with Crippen molar-refractivity contribution in [3.8, 4) is 0 Å². The average molecular weight is 779 g/mol. The van der Waals surface area contributed by atoms with Gasteiger partial charge in [0.05, 0.1) is 60.9 Å². The molecule has 5 heterocycles. The van der Waals surface area contributed by atoms with E-state index >= 15 is 0 Å². The molecule has 0 aromatic carbocycles. The summed E-state index contributed by atoms with van der Waals surface area (Å²) in [5.41, 5.74) is -1.57. The quantitative estimate of drug-likeness (QED) is 0.190. The minimum Gasteiger partial charge on any atom is -0.469 e. The molecule has 0 aromatic heterocycles. The average Bonchev–Trinajstić information content (AvgIpc) is 3.91. The second-order valence-corrected chi connectivity index (χ2v) is 19.2. The number of rotatable bonds is 12. The van der Waals surface area contributed by atoms with Crippen LogP contribution in [-0.4, -0.2) is 99.7 Å². The number of carbonyl (C=O) groups excluding carboxylic acids is 2. The lowest BCUT2D eigenvalue weighted by Crippen LogP contribution is -2.66. The molecule has 3 unspecified atom stereocenters. The van der Waals surface area contributed by atoms with Crippen molar-refractivity contribution in [3.05, 3.63) is 0 Å². The van der Waals surface area contributed by atoms with Crippen LogP contribution in [0.3, 0.4) is 0 Å². The summed E-state index contributed by atoms with van der Waals surface area (Å²) >= 11 is 0. The Hall–Kier alpha value is -1.18. The number of hydrogen-bond acceptors (Lipinski definition) is 11. The number of aliphatic hydroxyl groups is 3. The number of hydrogen-bond donors (Lipinski definition) is 3. The highest BCUT2D eigenvalue weighted by Gasteiger charge is 2.74.